The normalized spacial score (nSPS) is 11.1. The van der Waals surface area contributed by atoms with E-state index in [-0.39, 0.29) is 0 Å². The van der Waals surface area contributed by atoms with Crippen LogP contribution in [0.5, 0.6) is 5.75 Å². The van der Waals surface area contributed by atoms with Gasteiger partial charge in [0, 0.05) is 17.4 Å². The van der Waals surface area contributed by atoms with Crippen molar-refractivity contribution in [2.75, 3.05) is 17.7 Å². The van der Waals surface area contributed by atoms with E-state index < -0.39 is 11.7 Å². The predicted molar refractivity (Wildman–Crippen MR) is 97.8 cm³/mol. The van der Waals surface area contributed by atoms with E-state index in [9.17, 15) is 13.2 Å². The fourth-order valence-corrected chi connectivity index (χ4v) is 2.45. The number of halogens is 3. The summed E-state index contributed by atoms with van der Waals surface area (Å²) >= 11 is 0. The van der Waals surface area contributed by atoms with Gasteiger partial charge in [0.1, 0.15) is 11.6 Å². The molecule has 0 amide bonds. The third kappa shape index (κ3) is 4.66. The topological polar surface area (TPSA) is 59.1 Å². The van der Waals surface area contributed by atoms with Gasteiger partial charge in [0.05, 0.1) is 18.4 Å². The van der Waals surface area contributed by atoms with E-state index in [2.05, 4.69) is 20.6 Å². The Hall–Kier alpha value is -3.29. The monoisotopic (exact) mass is 374 g/mol. The molecule has 2 N–H and O–H groups in total. The molecule has 0 aliphatic heterocycles. The highest BCUT2D eigenvalue weighted by Gasteiger charge is 2.29. The maximum atomic E-state index is 12.7. The van der Waals surface area contributed by atoms with Crippen LogP contribution in [-0.4, -0.2) is 17.1 Å². The van der Waals surface area contributed by atoms with E-state index in [0.717, 1.165) is 12.1 Å². The molecule has 0 atom stereocenters. The van der Waals surface area contributed by atoms with Crippen molar-refractivity contribution < 1.29 is 17.9 Å². The van der Waals surface area contributed by atoms with Crippen molar-refractivity contribution >= 4 is 23.1 Å². The zero-order valence-corrected chi connectivity index (χ0v) is 14.6. The lowest BCUT2D eigenvalue weighted by Gasteiger charge is -2.12. The van der Waals surface area contributed by atoms with Crippen molar-refractivity contribution in [2.24, 2.45) is 0 Å². The number of hydrogen-bond donors (Lipinski definition) is 2. The third-order valence-electron chi connectivity index (χ3n) is 3.69. The molecule has 0 aliphatic carbocycles. The van der Waals surface area contributed by atoms with Crippen LogP contribution in [0.3, 0.4) is 0 Å². The average Bonchev–Trinajstić information content (AvgIpc) is 2.61. The summed E-state index contributed by atoms with van der Waals surface area (Å²) in [4.78, 5) is 8.69. The highest BCUT2D eigenvalue weighted by Crippen LogP contribution is 2.30. The summed E-state index contributed by atoms with van der Waals surface area (Å²) in [7, 11) is 1.56. The molecule has 3 rings (SSSR count). The lowest BCUT2D eigenvalue weighted by atomic mass is 10.2. The molecule has 8 heteroatoms. The minimum Gasteiger partial charge on any atom is -0.495 e. The highest BCUT2D eigenvalue weighted by molar-refractivity contribution is 5.64. The van der Waals surface area contributed by atoms with Gasteiger partial charge in [0.25, 0.3) is 0 Å². The summed E-state index contributed by atoms with van der Waals surface area (Å²) in [6.07, 6.45) is -4.37. The Labute approximate surface area is 154 Å². The minimum absolute atomic E-state index is 0.342. The van der Waals surface area contributed by atoms with Gasteiger partial charge in [-0.15, -0.1) is 0 Å². The lowest BCUT2D eigenvalue weighted by Crippen LogP contribution is -2.05. The fourth-order valence-electron chi connectivity index (χ4n) is 2.45. The van der Waals surface area contributed by atoms with Crippen molar-refractivity contribution in [1.29, 1.82) is 0 Å². The summed E-state index contributed by atoms with van der Waals surface area (Å²) in [5.74, 6) is 1.44. The van der Waals surface area contributed by atoms with E-state index in [1.807, 2.05) is 18.2 Å². The van der Waals surface area contributed by atoms with Gasteiger partial charge < -0.3 is 15.4 Å². The number of aryl methyl sites for hydroxylation is 1. The average molecular weight is 374 g/mol. The lowest BCUT2D eigenvalue weighted by molar-refractivity contribution is -0.137. The molecule has 0 fully saturated rings. The Balaban J connectivity index is 1.81. The van der Waals surface area contributed by atoms with Crippen molar-refractivity contribution in [3.63, 3.8) is 0 Å². The minimum atomic E-state index is -4.37. The van der Waals surface area contributed by atoms with Crippen LogP contribution < -0.4 is 15.4 Å². The first-order chi connectivity index (χ1) is 12.8. The molecule has 0 radical (unpaired) electrons. The second-order valence-electron chi connectivity index (χ2n) is 5.74. The maximum Gasteiger partial charge on any atom is 0.416 e. The second kappa shape index (κ2) is 7.53. The summed E-state index contributed by atoms with van der Waals surface area (Å²) in [5.41, 5.74) is 1.18. The van der Waals surface area contributed by atoms with Gasteiger partial charge in [-0.25, -0.2) is 4.98 Å². The molecule has 0 aliphatic rings. The van der Waals surface area contributed by atoms with Crippen LogP contribution in [0.4, 0.5) is 36.3 Å². The Morgan fingerprint density at radius 3 is 2.30 bits per heavy atom. The van der Waals surface area contributed by atoms with Crippen LogP contribution in [-0.2, 0) is 6.18 Å². The molecule has 140 valence electrons. The van der Waals surface area contributed by atoms with E-state index in [1.165, 1.54) is 12.1 Å². The van der Waals surface area contributed by atoms with E-state index >= 15 is 0 Å². The molecular weight excluding hydrogens is 357 g/mol. The molecule has 0 spiro atoms. The van der Waals surface area contributed by atoms with Crippen LogP contribution in [0.15, 0.2) is 54.6 Å². The standard InChI is InChI=1S/C19H17F3N4O/c1-12-11-17(24-14-9-7-13(8-10-14)19(20,21)22)26-18(23-12)25-15-5-3-4-6-16(15)27-2/h3-11H,1-2H3,(H2,23,24,25,26). The number of nitrogens with one attached hydrogen (secondary N) is 2. The van der Waals surface area contributed by atoms with E-state index in [1.54, 1.807) is 26.2 Å². The van der Waals surface area contributed by atoms with Gasteiger partial charge in [-0.05, 0) is 43.3 Å². The number of para-hydroxylation sites is 2. The number of aromatic nitrogens is 2. The van der Waals surface area contributed by atoms with Crippen molar-refractivity contribution in [1.82, 2.24) is 9.97 Å². The van der Waals surface area contributed by atoms with Gasteiger partial charge in [0.2, 0.25) is 5.95 Å². The highest BCUT2D eigenvalue weighted by atomic mass is 19.4. The summed E-state index contributed by atoms with van der Waals surface area (Å²) in [6, 6.07) is 13.8. The first-order valence-electron chi connectivity index (χ1n) is 8.05. The quantitative estimate of drug-likeness (QED) is 0.635. The van der Waals surface area contributed by atoms with Crippen LogP contribution >= 0.6 is 0 Å². The fraction of sp³-hybridized carbons (Fsp3) is 0.158. The number of hydrogen-bond acceptors (Lipinski definition) is 5. The van der Waals surface area contributed by atoms with Crippen LogP contribution in [0.25, 0.3) is 0 Å². The Morgan fingerprint density at radius 2 is 1.63 bits per heavy atom. The number of benzene rings is 2. The Morgan fingerprint density at radius 1 is 0.926 bits per heavy atom. The van der Waals surface area contributed by atoms with E-state index in [4.69, 9.17) is 4.74 Å². The van der Waals surface area contributed by atoms with Crippen molar-refractivity contribution in [2.45, 2.75) is 13.1 Å². The predicted octanol–water partition coefficient (Wildman–Crippen LogP) is 5.30. The first-order valence-corrected chi connectivity index (χ1v) is 8.05. The number of ether oxygens (including phenoxy) is 1. The van der Waals surface area contributed by atoms with Gasteiger partial charge in [-0.1, -0.05) is 12.1 Å². The SMILES string of the molecule is COc1ccccc1Nc1nc(C)cc(Nc2ccc(C(F)(F)F)cc2)n1. The molecular formula is C19H17F3N4O. The van der Waals surface area contributed by atoms with Crippen LogP contribution in [0.2, 0.25) is 0 Å². The summed E-state index contributed by atoms with van der Waals surface area (Å²) < 4.78 is 43.3. The molecule has 0 unspecified atom stereocenters. The van der Waals surface area contributed by atoms with E-state index in [0.29, 0.717) is 34.6 Å². The summed E-state index contributed by atoms with van der Waals surface area (Å²) in [6.45, 7) is 1.80. The molecule has 0 saturated carbocycles. The van der Waals surface area contributed by atoms with Gasteiger partial charge in [-0.3, -0.25) is 0 Å². The van der Waals surface area contributed by atoms with Gasteiger partial charge in [-0.2, -0.15) is 18.2 Å². The molecule has 0 bridgehead atoms. The number of alkyl halides is 3. The molecule has 5 nitrogen and oxygen atoms in total. The summed E-state index contributed by atoms with van der Waals surface area (Å²) in [5, 5.41) is 6.07. The maximum absolute atomic E-state index is 12.7. The Kier molecular flexibility index (Phi) is 5.16. The number of rotatable bonds is 5. The molecule has 1 heterocycles. The largest absolute Gasteiger partial charge is 0.495 e. The molecule has 2 aromatic carbocycles. The number of anilines is 4. The molecule has 3 aromatic rings. The zero-order chi connectivity index (χ0) is 19.4. The Bertz CT molecular complexity index is 927. The van der Waals surface area contributed by atoms with Crippen LogP contribution in [0.1, 0.15) is 11.3 Å². The molecule has 1 aromatic heterocycles. The molecule has 27 heavy (non-hydrogen) atoms. The number of nitrogens with zero attached hydrogens (tertiary/aromatic N) is 2. The van der Waals surface area contributed by atoms with Crippen molar-refractivity contribution in [3.8, 4) is 5.75 Å². The second-order valence-corrected chi connectivity index (χ2v) is 5.74. The first kappa shape index (κ1) is 18.5. The third-order valence-corrected chi connectivity index (χ3v) is 3.69. The van der Waals surface area contributed by atoms with Gasteiger partial charge in [0.15, 0.2) is 0 Å². The zero-order valence-electron chi connectivity index (χ0n) is 14.6. The smallest absolute Gasteiger partial charge is 0.416 e. The van der Waals surface area contributed by atoms with Crippen LogP contribution in [0, 0.1) is 6.92 Å². The van der Waals surface area contributed by atoms with Gasteiger partial charge >= 0.3 is 6.18 Å². The van der Waals surface area contributed by atoms with Crippen molar-refractivity contribution in [3.05, 3.63) is 65.9 Å². The number of methoxy groups -OCH3 is 1. The molecule has 0 saturated heterocycles.